The Kier molecular flexibility index (Phi) is 2.07. The third kappa shape index (κ3) is 1.58. The predicted octanol–water partition coefficient (Wildman–Crippen LogP) is 2.75. The zero-order valence-corrected chi connectivity index (χ0v) is 7.49. The highest BCUT2D eigenvalue weighted by molar-refractivity contribution is 5.82. The molecule has 2 rings (SSSR count). The fourth-order valence-corrected chi connectivity index (χ4v) is 1.20. The zero-order chi connectivity index (χ0) is 11.9. The number of hydrogen-bond donors (Lipinski definition) is 0. The molecule has 0 radical (unpaired) electrons. The second kappa shape index (κ2) is 3.19. The van der Waals surface area contributed by atoms with Crippen LogP contribution in [-0.2, 0) is 6.18 Å². The SMILES string of the molecule is O=[N+]([O-])c1cccc2oc(C(F)(F)F)nc12. The van der Waals surface area contributed by atoms with Gasteiger partial charge in [-0.2, -0.15) is 18.2 Å². The van der Waals surface area contributed by atoms with Gasteiger partial charge in [0.15, 0.2) is 11.1 Å². The Balaban J connectivity index is 2.71. The van der Waals surface area contributed by atoms with Crippen LogP contribution in [0.4, 0.5) is 18.9 Å². The Morgan fingerprint density at radius 3 is 2.62 bits per heavy atom. The molecule has 0 spiro atoms. The second-order valence-corrected chi connectivity index (χ2v) is 2.90. The number of benzene rings is 1. The molecule has 16 heavy (non-hydrogen) atoms. The molecule has 84 valence electrons. The first-order valence-electron chi connectivity index (χ1n) is 4.01. The Morgan fingerprint density at radius 1 is 1.38 bits per heavy atom. The highest BCUT2D eigenvalue weighted by atomic mass is 19.4. The molecule has 0 aliphatic rings. The Bertz CT molecular complexity index is 561. The molecule has 0 fully saturated rings. The van der Waals surface area contributed by atoms with Crippen LogP contribution in [-0.4, -0.2) is 9.91 Å². The summed E-state index contributed by atoms with van der Waals surface area (Å²) in [5.74, 6) is -1.49. The zero-order valence-electron chi connectivity index (χ0n) is 7.49. The van der Waals surface area contributed by atoms with Crippen LogP contribution >= 0.6 is 0 Å². The van der Waals surface area contributed by atoms with Gasteiger partial charge in [-0.25, -0.2) is 0 Å². The van der Waals surface area contributed by atoms with E-state index in [0.29, 0.717) is 0 Å². The number of nitro benzene ring substituents is 1. The molecule has 1 aromatic heterocycles. The van der Waals surface area contributed by atoms with Crippen LogP contribution in [0.5, 0.6) is 0 Å². The molecule has 0 saturated heterocycles. The van der Waals surface area contributed by atoms with Crippen LogP contribution in [0.2, 0.25) is 0 Å². The fraction of sp³-hybridized carbons (Fsp3) is 0.125. The Morgan fingerprint density at radius 2 is 2.06 bits per heavy atom. The van der Waals surface area contributed by atoms with Crippen molar-refractivity contribution in [1.29, 1.82) is 0 Å². The minimum atomic E-state index is -4.76. The summed E-state index contributed by atoms with van der Waals surface area (Å²) < 4.78 is 41.1. The number of nitrogens with zero attached hydrogens (tertiary/aromatic N) is 2. The van der Waals surface area contributed by atoms with Gasteiger partial charge in [0.25, 0.3) is 5.69 Å². The summed E-state index contributed by atoms with van der Waals surface area (Å²) in [6.45, 7) is 0. The summed E-state index contributed by atoms with van der Waals surface area (Å²) in [5, 5.41) is 10.5. The number of nitro groups is 1. The van der Waals surface area contributed by atoms with Crippen LogP contribution in [0.1, 0.15) is 5.89 Å². The van der Waals surface area contributed by atoms with Gasteiger partial charge >= 0.3 is 12.1 Å². The highest BCUT2D eigenvalue weighted by Gasteiger charge is 2.38. The molecule has 1 heterocycles. The molecule has 0 saturated carbocycles. The molecular formula is C8H3F3N2O3. The maximum atomic E-state index is 12.2. The lowest BCUT2D eigenvalue weighted by Gasteiger charge is -1.96. The minimum Gasteiger partial charge on any atom is -0.433 e. The van der Waals surface area contributed by atoms with Gasteiger partial charge in [-0.15, -0.1) is 0 Å². The van der Waals surface area contributed by atoms with Crippen molar-refractivity contribution in [2.45, 2.75) is 6.18 Å². The van der Waals surface area contributed by atoms with E-state index in [0.717, 1.165) is 6.07 Å². The van der Waals surface area contributed by atoms with Gasteiger partial charge < -0.3 is 4.42 Å². The molecule has 0 aliphatic carbocycles. The van der Waals surface area contributed by atoms with Crippen molar-refractivity contribution in [3.8, 4) is 0 Å². The van der Waals surface area contributed by atoms with E-state index in [1.54, 1.807) is 0 Å². The van der Waals surface area contributed by atoms with E-state index in [1.165, 1.54) is 12.1 Å². The third-order valence-corrected chi connectivity index (χ3v) is 1.84. The normalized spacial score (nSPS) is 11.9. The number of rotatable bonds is 1. The largest absolute Gasteiger partial charge is 0.468 e. The smallest absolute Gasteiger partial charge is 0.433 e. The molecule has 5 nitrogen and oxygen atoms in total. The first-order valence-corrected chi connectivity index (χ1v) is 4.01. The fourth-order valence-electron chi connectivity index (χ4n) is 1.20. The monoisotopic (exact) mass is 232 g/mol. The van der Waals surface area contributed by atoms with Crippen molar-refractivity contribution >= 4 is 16.8 Å². The standard InChI is InChI=1S/C8H3F3N2O3/c9-8(10,11)7-12-6-4(13(14)15)2-1-3-5(6)16-7/h1-3H. The number of alkyl halides is 3. The maximum absolute atomic E-state index is 12.2. The van der Waals surface area contributed by atoms with Crippen molar-refractivity contribution in [3.63, 3.8) is 0 Å². The molecule has 0 aliphatic heterocycles. The van der Waals surface area contributed by atoms with Crippen LogP contribution in [0, 0.1) is 10.1 Å². The number of halogens is 3. The number of para-hydroxylation sites is 1. The van der Waals surface area contributed by atoms with Crippen LogP contribution in [0.3, 0.4) is 0 Å². The molecule has 1 aromatic carbocycles. The first kappa shape index (κ1) is 10.4. The lowest BCUT2D eigenvalue weighted by molar-refractivity contribution is -0.383. The molecule has 0 N–H and O–H groups in total. The maximum Gasteiger partial charge on any atom is 0.468 e. The van der Waals surface area contributed by atoms with Crippen LogP contribution < -0.4 is 0 Å². The Hall–Kier alpha value is -2.12. The predicted molar refractivity (Wildman–Crippen MR) is 45.7 cm³/mol. The molecule has 8 heteroatoms. The second-order valence-electron chi connectivity index (χ2n) is 2.90. The molecule has 0 amide bonds. The van der Waals surface area contributed by atoms with E-state index < -0.39 is 28.2 Å². The van der Waals surface area contributed by atoms with Crippen molar-refractivity contribution in [1.82, 2.24) is 4.98 Å². The van der Waals surface area contributed by atoms with E-state index in [-0.39, 0.29) is 5.58 Å². The molecule has 0 atom stereocenters. The summed E-state index contributed by atoms with van der Waals surface area (Å²) in [6.07, 6.45) is -4.76. The van der Waals surface area contributed by atoms with Gasteiger partial charge in [0.05, 0.1) is 4.92 Å². The lowest BCUT2D eigenvalue weighted by atomic mass is 10.3. The van der Waals surface area contributed by atoms with Crippen molar-refractivity contribution in [2.24, 2.45) is 0 Å². The van der Waals surface area contributed by atoms with E-state index in [9.17, 15) is 23.3 Å². The van der Waals surface area contributed by atoms with Gasteiger partial charge in [-0.1, -0.05) is 6.07 Å². The first-order chi connectivity index (χ1) is 7.39. The quantitative estimate of drug-likeness (QED) is 0.559. The topological polar surface area (TPSA) is 69.2 Å². The number of aromatic nitrogens is 1. The van der Waals surface area contributed by atoms with Gasteiger partial charge in [-0.3, -0.25) is 10.1 Å². The average molecular weight is 232 g/mol. The Labute approximate surface area is 85.6 Å². The van der Waals surface area contributed by atoms with Gasteiger partial charge in [0, 0.05) is 6.07 Å². The lowest BCUT2D eigenvalue weighted by Crippen LogP contribution is -2.04. The van der Waals surface area contributed by atoms with E-state index in [2.05, 4.69) is 9.40 Å². The highest BCUT2D eigenvalue weighted by Crippen LogP contribution is 2.33. The molecule has 0 bridgehead atoms. The number of hydrogen-bond acceptors (Lipinski definition) is 4. The summed E-state index contributed by atoms with van der Waals surface area (Å²) in [7, 11) is 0. The summed E-state index contributed by atoms with van der Waals surface area (Å²) >= 11 is 0. The minimum absolute atomic E-state index is 0.262. The van der Waals surface area contributed by atoms with Crippen molar-refractivity contribution in [2.75, 3.05) is 0 Å². The van der Waals surface area contributed by atoms with Crippen molar-refractivity contribution < 1.29 is 22.5 Å². The molecule has 2 aromatic rings. The van der Waals surface area contributed by atoms with Crippen molar-refractivity contribution in [3.05, 3.63) is 34.2 Å². The van der Waals surface area contributed by atoms with Gasteiger partial charge in [0.1, 0.15) is 0 Å². The molecule has 0 unspecified atom stereocenters. The van der Waals surface area contributed by atoms with Crippen LogP contribution in [0.15, 0.2) is 22.6 Å². The number of fused-ring (bicyclic) bond motifs is 1. The van der Waals surface area contributed by atoms with E-state index in [1.807, 2.05) is 0 Å². The third-order valence-electron chi connectivity index (χ3n) is 1.84. The van der Waals surface area contributed by atoms with Crippen LogP contribution in [0.25, 0.3) is 11.1 Å². The number of oxazole rings is 1. The summed E-state index contributed by atoms with van der Waals surface area (Å²) in [5.41, 5.74) is -1.18. The van der Waals surface area contributed by atoms with E-state index in [4.69, 9.17) is 0 Å². The van der Waals surface area contributed by atoms with E-state index >= 15 is 0 Å². The van der Waals surface area contributed by atoms with Gasteiger partial charge in [0.2, 0.25) is 0 Å². The summed E-state index contributed by atoms with van der Waals surface area (Å²) in [4.78, 5) is 12.8. The van der Waals surface area contributed by atoms with Gasteiger partial charge in [-0.05, 0) is 6.07 Å². The number of non-ortho nitro benzene ring substituents is 1. The summed E-state index contributed by atoms with van der Waals surface area (Å²) in [6, 6.07) is 3.47. The molecular weight excluding hydrogens is 229 g/mol. The average Bonchev–Trinajstić information content (AvgIpc) is 2.59.